The summed E-state index contributed by atoms with van der Waals surface area (Å²) < 4.78 is 0. The lowest BCUT2D eigenvalue weighted by atomic mass is 10.1. The Hall–Kier alpha value is -2.74. The van der Waals surface area contributed by atoms with Crippen LogP contribution in [0.1, 0.15) is 61.8 Å². The van der Waals surface area contributed by atoms with Gasteiger partial charge in [0.05, 0.1) is 12.4 Å². The van der Waals surface area contributed by atoms with Gasteiger partial charge in [0.2, 0.25) is 0 Å². The van der Waals surface area contributed by atoms with E-state index in [-0.39, 0.29) is 0 Å². The van der Waals surface area contributed by atoms with E-state index >= 15 is 0 Å². The molecule has 0 bridgehead atoms. The SMILES string of the molecule is CC/C=C/CCc1ccc(/C=N/N=C/c2ccc(CC/C=C/CC)cc2)cc1. The maximum Gasteiger partial charge on any atom is 0.0568 e. The largest absolute Gasteiger partial charge is 0.159 e. The Morgan fingerprint density at radius 2 is 0.964 bits per heavy atom. The van der Waals surface area contributed by atoms with Gasteiger partial charge < -0.3 is 0 Å². The van der Waals surface area contributed by atoms with Gasteiger partial charge in [-0.15, -0.1) is 0 Å². The van der Waals surface area contributed by atoms with Crippen molar-refractivity contribution in [1.29, 1.82) is 0 Å². The van der Waals surface area contributed by atoms with E-state index in [4.69, 9.17) is 0 Å². The number of hydrogen-bond donors (Lipinski definition) is 0. The topological polar surface area (TPSA) is 24.7 Å². The molecular weight excluding hydrogens is 340 g/mol. The Labute approximate surface area is 170 Å². The highest BCUT2D eigenvalue weighted by Gasteiger charge is 1.93. The first-order valence-electron chi connectivity index (χ1n) is 10.4. The molecule has 0 amide bonds. The highest BCUT2D eigenvalue weighted by atomic mass is 15.2. The van der Waals surface area contributed by atoms with Crippen molar-refractivity contribution in [1.82, 2.24) is 0 Å². The summed E-state index contributed by atoms with van der Waals surface area (Å²) >= 11 is 0. The van der Waals surface area contributed by atoms with Gasteiger partial charge in [-0.05, 0) is 60.8 Å². The number of benzene rings is 2. The van der Waals surface area contributed by atoms with Crippen LogP contribution < -0.4 is 0 Å². The summed E-state index contributed by atoms with van der Waals surface area (Å²) in [6, 6.07) is 17.1. The lowest BCUT2D eigenvalue weighted by Crippen LogP contribution is -1.87. The van der Waals surface area contributed by atoms with Gasteiger partial charge in [-0.2, -0.15) is 10.2 Å². The summed E-state index contributed by atoms with van der Waals surface area (Å²) in [5.41, 5.74) is 4.85. The normalized spacial score (nSPS) is 12.2. The van der Waals surface area contributed by atoms with E-state index in [9.17, 15) is 0 Å². The molecule has 0 aliphatic carbocycles. The van der Waals surface area contributed by atoms with E-state index < -0.39 is 0 Å². The van der Waals surface area contributed by atoms with Crippen LogP contribution in [0.5, 0.6) is 0 Å². The van der Waals surface area contributed by atoms with Gasteiger partial charge in [0.25, 0.3) is 0 Å². The minimum atomic E-state index is 1.07. The molecule has 2 rings (SSSR count). The van der Waals surface area contributed by atoms with Crippen LogP contribution in [-0.2, 0) is 12.8 Å². The molecule has 0 aliphatic rings. The van der Waals surface area contributed by atoms with Crippen LogP contribution in [0.15, 0.2) is 83.0 Å². The molecule has 0 aliphatic heterocycles. The van der Waals surface area contributed by atoms with Gasteiger partial charge >= 0.3 is 0 Å². The maximum absolute atomic E-state index is 4.17. The summed E-state index contributed by atoms with van der Waals surface area (Å²) in [6.07, 6.45) is 19.1. The Balaban J connectivity index is 1.79. The molecule has 0 spiro atoms. The first kappa shape index (κ1) is 21.6. The Morgan fingerprint density at radius 3 is 1.32 bits per heavy atom. The molecule has 2 heteroatoms. The van der Waals surface area contributed by atoms with Crippen molar-refractivity contribution in [2.24, 2.45) is 10.2 Å². The second kappa shape index (κ2) is 13.4. The van der Waals surface area contributed by atoms with Crippen LogP contribution in [0, 0.1) is 0 Å². The number of hydrogen-bond acceptors (Lipinski definition) is 2. The molecular formula is C26H32N2. The summed E-state index contributed by atoms with van der Waals surface area (Å²) in [5.74, 6) is 0. The van der Waals surface area contributed by atoms with E-state index in [0.717, 1.165) is 49.7 Å². The van der Waals surface area contributed by atoms with Crippen molar-refractivity contribution >= 4 is 12.4 Å². The van der Waals surface area contributed by atoms with E-state index in [2.05, 4.69) is 96.9 Å². The molecule has 0 aromatic heterocycles. The zero-order valence-corrected chi connectivity index (χ0v) is 17.2. The minimum absolute atomic E-state index is 1.07. The van der Waals surface area contributed by atoms with Crippen molar-refractivity contribution in [3.63, 3.8) is 0 Å². The van der Waals surface area contributed by atoms with Crippen molar-refractivity contribution < 1.29 is 0 Å². The highest BCUT2D eigenvalue weighted by molar-refractivity contribution is 5.82. The van der Waals surface area contributed by atoms with Gasteiger partial charge in [-0.1, -0.05) is 86.7 Å². The van der Waals surface area contributed by atoms with Crippen LogP contribution in [0.4, 0.5) is 0 Å². The fourth-order valence-corrected chi connectivity index (χ4v) is 2.81. The fourth-order valence-electron chi connectivity index (χ4n) is 2.81. The second-order valence-corrected chi connectivity index (χ2v) is 6.81. The third kappa shape index (κ3) is 8.77. The fraction of sp³-hybridized carbons (Fsp3) is 0.308. The van der Waals surface area contributed by atoms with Crippen molar-refractivity contribution in [3.05, 3.63) is 95.1 Å². The third-order valence-electron chi connectivity index (χ3n) is 4.44. The minimum Gasteiger partial charge on any atom is -0.159 e. The van der Waals surface area contributed by atoms with Crippen LogP contribution >= 0.6 is 0 Å². The summed E-state index contributed by atoms with van der Waals surface area (Å²) in [6.45, 7) is 4.32. The predicted octanol–water partition coefficient (Wildman–Crippen LogP) is 6.94. The van der Waals surface area contributed by atoms with Gasteiger partial charge in [0.15, 0.2) is 0 Å². The molecule has 0 unspecified atom stereocenters. The van der Waals surface area contributed by atoms with Crippen molar-refractivity contribution in [2.75, 3.05) is 0 Å². The first-order valence-corrected chi connectivity index (χ1v) is 10.4. The molecule has 28 heavy (non-hydrogen) atoms. The summed E-state index contributed by atoms with van der Waals surface area (Å²) in [7, 11) is 0. The average Bonchev–Trinajstić information content (AvgIpc) is 2.74. The molecule has 0 atom stereocenters. The molecule has 0 heterocycles. The highest BCUT2D eigenvalue weighted by Crippen LogP contribution is 2.07. The van der Waals surface area contributed by atoms with E-state index in [1.165, 1.54) is 11.1 Å². The monoisotopic (exact) mass is 372 g/mol. The number of rotatable bonds is 11. The molecule has 0 fully saturated rings. The lowest BCUT2D eigenvalue weighted by Gasteiger charge is -1.99. The molecule has 0 saturated carbocycles. The second-order valence-electron chi connectivity index (χ2n) is 6.81. The van der Waals surface area contributed by atoms with Gasteiger partial charge in [-0.25, -0.2) is 0 Å². The van der Waals surface area contributed by atoms with Crippen LogP contribution in [-0.4, -0.2) is 12.4 Å². The first-order chi connectivity index (χ1) is 13.8. The molecule has 2 aromatic rings. The van der Waals surface area contributed by atoms with Crippen LogP contribution in [0.3, 0.4) is 0 Å². The van der Waals surface area contributed by atoms with E-state index in [0.29, 0.717) is 0 Å². The van der Waals surface area contributed by atoms with Gasteiger partial charge in [0, 0.05) is 0 Å². The number of allylic oxidation sites excluding steroid dienone is 4. The predicted molar refractivity (Wildman–Crippen MR) is 124 cm³/mol. The molecule has 0 saturated heterocycles. The number of nitrogens with zero attached hydrogens (tertiary/aromatic N) is 2. The average molecular weight is 373 g/mol. The number of aryl methyl sites for hydroxylation is 2. The van der Waals surface area contributed by atoms with Crippen LogP contribution in [0.25, 0.3) is 0 Å². The Morgan fingerprint density at radius 1 is 0.571 bits per heavy atom. The lowest BCUT2D eigenvalue weighted by molar-refractivity contribution is 0.992. The van der Waals surface area contributed by atoms with Crippen LogP contribution in [0.2, 0.25) is 0 Å². The summed E-state index contributed by atoms with van der Waals surface area (Å²) in [5, 5.41) is 8.34. The Kier molecular flexibility index (Phi) is 10.3. The smallest absolute Gasteiger partial charge is 0.0568 e. The van der Waals surface area contributed by atoms with E-state index in [1.54, 1.807) is 12.4 Å². The van der Waals surface area contributed by atoms with E-state index in [1.807, 2.05) is 0 Å². The molecule has 0 N–H and O–H groups in total. The zero-order chi connectivity index (χ0) is 19.9. The molecule has 2 nitrogen and oxygen atoms in total. The van der Waals surface area contributed by atoms with Gasteiger partial charge in [-0.3, -0.25) is 0 Å². The van der Waals surface area contributed by atoms with Crippen molar-refractivity contribution in [3.8, 4) is 0 Å². The zero-order valence-electron chi connectivity index (χ0n) is 17.2. The maximum atomic E-state index is 4.17. The van der Waals surface area contributed by atoms with Gasteiger partial charge in [0.1, 0.15) is 0 Å². The summed E-state index contributed by atoms with van der Waals surface area (Å²) in [4.78, 5) is 0. The third-order valence-corrected chi connectivity index (χ3v) is 4.44. The van der Waals surface area contributed by atoms with Crippen molar-refractivity contribution in [2.45, 2.75) is 52.4 Å². The molecule has 2 aromatic carbocycles. The molecule has 146 valence electrons. The quantitative estimate of drug-likeness (QED) is 0.232. The Bertz CT molecular complexity index is 709. The standard InChI is InChI=1S/C26H32N2/c1-3-5-7-9-11-23-13-17-25(18-14-23)21-27-28-22-26-19-15-24(16-20-26)12-10-8-6-4-2/h5-8,13-22H,3-4,9-12H2,1-2H3/b7-5+,8-6+,27-21+,28-22+. The molecule has 0 radical (unpaired) electrons.